The summed E-state index contributed by atoms with van der Waals surface area (Å²) in [7, 11) is -1.26. The summed E-state index contributed by atoms with van der Waals surface area (Å²) in [6.45, 7) is 0. The minimum absolute atomic E-state index is 0.00773. The quantitative estimate of drug-likeness (QED) is 0.504. The first kappa shape index (κ1) is 19.1. The van der Waals surface area contributed by atoms with Gasteiger partial charge in [-0.15, -0.1) is 0 Å². The average Bonchev–Trinajstić information content (AvgIpc) is 3.10. The van der Waals surface area contributed by atoms with Crippen molar-refractivity contribution in [3.8, 4) is 11.1 Å². The molecule has 0 amide bonds. The van der Waals surface area contributed by atoms with Crippen LogP contribution in [0.5, 0.6) is 0 Å². The largest absolute Gasteiger partial charge is 0.345 e. The van der Waals surface area contributed by atoms with Gasteiger partial charge >= 0.3 is 0 Å². The molecule has 0 saturated carbocycles. The van der Waals surface area contributed by atoms with E-state index >= 15 is 0 Å². The molecule has 0 bridgehead atoms. The van der Waals surface area contributed by atoms with E-state index in [2.05, 4.69) is 15.0 Å². The van der Waals surface area contributed by atoms with Crippen LogP contribution in [0.15, 0.2) is 55.1 Å². The van der Waals surface area contributed by atoms with Gasteiger partial charge in [0.25, 0.3) is 0 Å². The Bertz CT molecular complexity index is 1230. The Morgan fingerprint density at radius 3 is 2.55 bits per heavy atom. The number of hydrogen-bond acceptors (Lipinski definition) is 4. The van der Waals surface area contributed by atoms with Crippen LogP contribution < -0.4 is 0 Å². The highest BCUT2D eigenvalue weighted by Gasteiger charge is 2.23. The molecular weight excluding hydrogens is 396 g/mol. The minimum Gasteiger partial charge on any atom is -0.345 e. The summed E-state index contributed by atoms with van der Waals surface area (Å²) in [6.07, 6.45) is 7.76. The van der Waals surface area contributed by atoms with E-state index in [1.807, 2.05) is 6.07 Å². The van der Waals surface area contributed by atoms with Gasteiger partial charge in [0.15, 0.2) is 0 Å². The van der Waals surface area contributed by atoms with Crippen molar-refractivity contribution in [1.29, 1.82) is 0 Å². The Morgan fingerprint density at radius 2 is 1.90 bits per heavy atom. The van der Waals surface area contributed by atoms with Crippen LogP contribution in [0.2, 0.25) is 0 Å². The van der Waals surface area contributed by atoms with Crippen molar-refractivity contribution < 1.29 is 17.8 Å². The normalized spacial score (nSPS) is 12.2. The highest BCUT2D eigenvalue weighted by Crippen LogP contribution is 2.27. The SMILES string of the molecule is CS(=O)Cc1cc(F)c(C(=O)c2c[nH]c3ncc(-c4cccnc4)cc23)c(F)c1. The Labute approximate surface area is 167 Å². The summed E-state index contributed by atoms with van der Waals surface area (Å²) in [6, 6.07) is 7.45. The van der Waals surface area contributed by atoms with E-state index in [0.29, 0.717) is 11.0 Å². The number of H-pyrrole nitrogens is 1. The number of pyridine rings is 2. The standard InChI is InChI=1S/C21H15F2N3O2S/c1-29(28)11-12-5-17(22)19(18(23)6-12)20(27)16-10-26-21-15(16)7-14(9-25-21)13-3-2-4-24-8-13/h2-10H,11H2,1H3,(H,25,26). The maximum absolute atomic E-state index is 14.6. The first-order valence-electron chi connectivity index (χ1n) is 8.64. The van der Waals surface area contributed by atoms with Crippen LogP contribution in [0.25, 0.3) is 22.2 Å². The first-order chi connectivity index (χ1) is 13.9. The zero-order chi connectivity index (χ0) is 20.5. The molecule has 1 unspecified atom stereocenters. The monoisotopic (exact) mass is 411 g/mol. The van der Waals surface area contributed by atoms with E-state index in [9.17, 15) is 17.8 Å². The number of carbonyl (C=O) groups is 1. The van der Waals surface area contributed by atoms with Crippen molar-refractivity contribution >= 4 is 27.6 Å². The highest BCUT2D eigenvalue weighted by atomic mass is 32.2. The molecule has 3 aromatic heterocycles. The van der Waals surface area contributed by atoms with Gasteiger partial charge in [-0.3, -0.25) is 14.0 Å². The van der Waals surface area contributed by atoms with Gasteiger partial charge in [-0.2, -0.15) is 0 Å². The lowest BCUT2D eigenvalue weighted by Gasteiger charge is -2.07. The van der Waals surface area contributed by atoms with Crippen LogP contribution in [0.1, 0.15) is 21.5 Å². The molecule has 0 aliphatic heterocycles. The molecule has 0 radical (unpaired) electrons. The van der Waals surface area contributed by atoms with Gasteiger partial charge < -0.3 is 4.98 Å². The number of halogens is 2. The van der Waals surface area contributed by atoms with E-state index in [1.165, 1.54) is 12.5 Å². The van der Waals surface area contributed by atoms with Crippen molar-refractivity contribution in [2.75, 3.05) is 6.26 Å². The molecule has 4 aromatic rings. The molecule has 1 atom stereocenters. The van der Waals surface area contributed by atoms with Crippen molar-refractivity contribution in [1.82, 2.24) is 15.0 Å². The fourth-order valence-corrected chi connectivity index (χ4v) is 3.81. The van der Waals surface area contributed by atoms with Gasteiger partial charge in [0.1, 0.15) is 17.3 Å². The third kappa shape index (κ3) is 3.71. The number of nitrogens with one attached hydrogen (secondary N) is 1. The number of nitrogens with zero attached hydrogens (tertiary/aromatic N) is 2. The van der Waals surface area contributed by atoms with Gasteiger partial charge in [-0.1, -0.05) is 6.07 Å². The van der Waals surface area contributed by atoms with Gasteiger partial charge in [-0.05, 0) is 29.8 Å². The fraction of sp³-hybridized carbons (Fsp3) is 0.0952. The summed E-state index contributed by atoms with van der Waals surface area (Å²) in [5.41, 5.74) is 1.65. The van der Waals surface area contributed by atoms with Crippen molar-refractivity contribution in [3.63, 3.8) is 0 Å². The third-order valence-corrected chi connectivity index (χ3v) is 5.21. The van der Waals surface area contributed by atoms with Crippen molar-refractivity contribution in [3.05, 3.63) is 83.4 Å². The predicted octanol–water partition coefficient (Wildman–Crippen LogP) is 4.01. The fourth-order valence-electron chi connectivity index (χ4n) is 3.18. The van der Waals surface area contributed by atoms with Crippen LogP contribution in [0, 0.1) is 11.6 Å². The lowest BCUT2D eigenvalue weighted by molar-refractivity contribution is 0.103. The number of rotatable bonds is 5. The lowest BCUT2D eigenvalue weighted by atomic mass is 9.99. The lowest BCUT2D eigenvalue weighted by Crippen LogP contribution is -2.09. The van der Waals surface area contributed by atoms with Gasteiger partial charge in [-0.25, -0.2) is 13.8 Å². The molecule has 1 aromatic carbocycles. The van der Waals surface area contributed by atoms with Crippen LogP contribution >= 0.6 is 0 Å². The van der Waals surface area contributed by atoms with E-state index in [-0.39, 0.29) is 16.9 Å². The van der Waals surface area contributed by atoms with E-state index < -0.39 is 33.8 Å². The molecule has 5 nitrogen and oxygen atoms in total. The predicted molar refractivity (Wildman–Crippen MR) is 107 cm³/mol. The molecule has 0 fully saturated rings. The minimum atomic E-state index is -1.26. The number of hydrogen-bond donors (Lipinski definition) is 1. The molecule has 0 spiro atoms. The molecule has 1 N–H and O–H groups in total. The molecule has 8 heteroatoms. The molecule has 3 heterocycles. The average molecular weight is 411 g/mol. The number of aromatic amines is 1. The van der Waals surface area contributed by atoms with Gasteiger partial charge in [0.05, 0.1) is 5.56 Å². The smallest absolute Gasteiger partial charge is 0.201 e. The molecule has 0 aliphatic carbocycles. The number of carbonyl (C=O) groups excluding carboxylic acids is 1. The second-order valence-corrected chi connectivity index (χ2v) is 7.98. The molecule has 0 saturated heterocycles. The maximum atomic E-state index is 14.6. The van der Waals surface area contributed by atoms with Crippen LogP contribution in [0.4, 0.5) is 8.78 Å². The van der Waals surface area contributed by atoms with Gasteiger partial charge in [0.2, 0.25) is 5.78 Å². The Balaban J connectivity index is 1.79. The summed E-state index contributed by atoms with van der Waals surface area (Å²) < 4.78 is 40.4. The third-order valence-electron chi connectivity index (χ3n) is 4.47. The summed E-state index contributed by atoms with van der Waals surface area (Å²) in [5, 5.41) is 0.453. The topological polar surface area (TPSA) is 75.7 Å². The Kier molecular flexibility index (Phi) is 5.02. The second-order valence-electron chi connectivity index (χ2n) is 6.55. The summed E-state index contributed by atoms with van der Waals surface area (Å²) in [5.74, 6) is -2.75. The highest BCUT2D eigenvalue weighted by molar-refractivity contribution is 7.83. The molecule has 146 valence electrons. The number of ketones is 1. The van der Waals surface area contributed by atoms with E-state index in [0.717, 1.165) is 23.3 Å². The maximum Gasteiger partial charge on any atom is 0.201 e. The van der Waals surface area contributed by atoms with Crippen LogP contribution in [-0.2, 0) is 16.6 Å². The van der Waals surface area contributed by atoms with Crippen LogP contribution in [-0.4, -0.2) is 31.2 Å². The molecule has 4 rings (SSSR count). The van der Waals surface area contributed by atoms with Crippen molar-refractivity contribution in [2.24, 2.45) is 0 Å². The van der Waals surface area contributed by atoms with Crippen molar-refractivity contribution in [2.45, 2.75) is 5.75 Å². The molecule has 29 heavy (non-hydrogen) atoms. The van der Waals surface area contributed by atoms with E-state index in [4.69, 9.17) is 0 Å². The summed E-state index contributed by atoms with van der Waals surface area (Å²) in [4.78, 5) is 24.2. The first-order valence-corrected chi connectivity index (χ1v) is 10.4. The zero-order valence-corrected chi connectivity index (χ0v) is 16.1. The summed E-state index contributed by atoms with van der Waals surface area (Å²) >= 11 is 0. The number of aromatic nitrogens is 3. The van der Waals surface area contributed by atoms with Crippen LogP contribution in [0.3, 0.4) is 0 Å². The van der Waals surface area contributed by atoms with E-state index in [1.54, 1.807) is 30.7 Å². The molecule has 0 aliphatic rings. The Hall–Kier alpha value is -3.26. The zero-order valence-electron chi connectivity index (χ0n) is 15.3. The number of benzene rings is 1. The molecular formula is C21H15F2N3O2S. The van der Waals surface area contributed by atoms with Gasteiger partial charge in [0, 0.05) is 69.7 Å². The second kappa shape index (κ2) is 7.63. The number of fused-ring (bicyclic) bond motifs is 1. The Morgan fingerprint density at radius 1 is 1.14 bits per heavy atom.